The van der Waals surface area contributed by atoms with Gasteiger partial charge in [0.25, 0.3) is 0 Å². The maximum absolute atomic E-state index is 6.14. The van der Waals surface area contributed by atoms with Crippen LogP contribution < -0.4 is 5.73 Å². The molecule has 19 heavy (non-hydrogen) atoms. The normalized spacial score (nSPS) is 26.9. The topological polar surface area (TPSA) is 38.5 Å². The molecule has 1 saturated heterocycles. The van der Waals surface area contributed by atoms with Crippen LogP contribution in [0.4, 0.5) is 0 Å². The van der Waals surface area contributed by atoms with Crippen molar-refractivity contribution in [2.45, 2.75) is 31.8 Å². The number of hydrogen-bond donors (Lipinski definition) is 1. The van der Waals surface area contributed by atoms with Crippen molar-refractivity contribution in [2.24, 2.45) is 11.7 Å². The molecule has 3 nitrogen and oxygen atoms in total. The fourth-order valence-corrected chi connectivity index (χ4v) is 3.51. The van der Waals surface area contributed by atoms with Crippen LogP contribution in [0.1, 0.15) is 24.5 Å². The highest BCUT2D eigenvalue weighted by atomic mass is 16.5. The van der Waals surface area contributed by atoms with Crippen molar-refractivity contribution in [2.75, 3.05) is 26.3 Å². The highest BCUT2D eigenvalue weighted by molar-refractivity contribution is 5.29. The first-order valence-corrected chi connectivity index (χ1v) is 7.33. The molecule has 0 saturated carbocycles. The van der Waals surface area contributed by atoms with E-state index in [2.05, 4.69) is 36.1 Å². The Bertz CT molecular complexity index is 442. The molecule has 0 aliphatic carbocycles. The third-order valence-corrected chi connectivity index (χ3v) is 5.08. The summed E-state index contributed by atoms with van der Waals surface area (Å²) in [5.74, 6) is 0.572. The molecule has 1 aromatic rings. The van der Waals surface area contributed by atoms with Gasteiger partial charge in [-0.15, -0.1) is 0 Å². The van der Waals surface area contributed by atoms with Crippen molar-refractivity contribution in [1.29, 1.82) is 0 Å². The third kappa shape index (κ3) is 2.31. The zero-order valence-corrected chi connectivity index (χ0v) is 11.8. The van der Waals surface area contributed by atoms with Crippen LogP contribution in [0.15, 0.2) is 24.3 Å². The minimum absolute atomic E-state index is 0.0734. The van der Waals surface area contributed by atoms with Crippen LogP contribution in [0.3, 0.4) is 0 Å². The molecule has 0 radical (unpaired) electrons. The van der Waals surface area contributed by atoms with Crippen LogP contribution in [-0.2, 0) is 17.7 Å². The average Bonchev–Trinajstić information content (AvgIpc) is 3.00. The van der Waals surface area contributed by atoms with Crippen LogP contribution in [0.5, 0.6) is 0 Å². The minimum atomic E-state index is 0.0734. The molecule has 1 fully saturated rings. The molecule has 0 bridgehead atoms. The van der Waals surface area contributed by atoms with Gasteiger partial charge in [-0.2, -0.15) is 0 Å². The summed E-state index contributed by atoms with van der Waals surface area (Å²) >= 11 is 0. The third-order valence-electron chi connectivity index (χ3n) is 5.08. The van der Waals surface area contributed by atoms with Gasteiger partial charge in [-0.25, -0.2) is 0 Å². The molecule has 0 amide bonds. The van der Waals surface area contributed by atoms with Crippen LogP contribution in [0.2, 0.25) is 0 Å². The molecular formula is C16H24N2O. The molecule has 0 spiro atoms. The summed E-state index contributed by atoms with van der Waals surface area (Å²) in [4.78, 5) is 2.58. The van der Waals surface area contributed by atoms with E-state index in [1.807, 2.05) is 0 Å². The second-order valence-electron chi connectivity index (χ2n) is 6.06. The van der Waals surface area contributed by atoms with Gasteiger partial charge in [0, 0.05) is 37.7 Å². The molecular weight excluding hydrogens is 236 g/mol. The molecule has 2 aliphatic heterocycles. The lowest BCUT2D eigenvalue weighted by Gasteiger charge is -2.46. The van der Waals surface area contributed by atoms with Crippen molar-refractivity contribution in [3.05, 3.63) is 35.4 Å². The Labute approximate surface area is 115 Å². The number of benzene rings is 1. The predicted molar refractivity (Wildman–Crippen MR) is 76.9 cm³/mol. The lowest BCUT2D eigenvalue weighted by atomic mass is 9.81. The number of nitrogens with two attached hydrogens (primary N) is 1. The van der Waals surface area contributed by atoms with Crippen LogP contribution >= 0.6 is 0 Å². The van der Waals surface area contributed by atoms with Gasteiger partial charge in [0.1, 0.15) is 0 Å². The maximum Gasteiger partial charge on any atom is 0.0513 e. The Morgan fingerprint density at radius 2 is 2.16 bits per heavy atom. The lowest BCUT2D eigenvalue weighted by molar-refractivity contribution is 0.0343. The summed E-state index contributed by atoms with van der Waals surface area (Å²) in [6.45, 7) is 6.93. The van der Waals surface area contributed by atoms with Gasteiger partial charge in [0.2, 0.25) is 0 Å². The van der Waals surface area contributed by atoms with Gasteiger partial charge in [-0.05, 0) is 30.9 Å². The van der Waals surface area contributed by atoms with Crippen LogP contribution in [0, 0.1) is 5.92 Å². The second kappa shape index (κ2) is 5.23. The van der Waals surface area contributed by atoms with Crippen molar-refractivity contribution in [1.82, 2.24) is 4.90 Å². The van der Waals surface area contributed by atoms with E-state index in [0.29, 0.717) is 12.5 Å². The standard InChI is InChI=1S/C16H24N2O/c1-16(12-17,15-7-9-19-11-15)18-8-6-13-4-2-3-5-14(13)10-18/h2-5,15H,6-12,17H2,1H3. The second-order valence-corrected chi connectivity index (χ2v) is 6.06. The Hall–Kier alpha value is -0.900. The molecule has 2 aliphatic rings. The number of hydrogen-bond acceptors (Lipinski definition) is 3. The van der Waals surface area contributed by atoms with Crippen LogP contribution in [0.25, 0.3) is 0 Å². The fourth-order valence-electron chi connectivity index (χ4n) is 3.51. The predicted octanol–water partition coefficient (Wildman–Crippen LogP) is 1.80. The summed E-state index contributed by atoms with van der Waals surface area (Å²) in [6.07, 6.45) is 2.28. The average molecular weight is 260 g/mol. The first-order valence-electron chi connectivity index (χ1n) is 7.33. The maximum atomic E-state index is 6.14. The molecule has 104 valence electrons. The molecule has 2 atom stereocenters. The molecule has 2 N–H and O–H groups in total. The van der Waals surface area contributed by atoms with Crippen LogP contribution in [-0.4, -0.2) is 36.7 Å². The van der Waals surface area contributed by atoms with Crippen molar-refractivity contribution >= 4 is 0 Å². The largest absolute Gasteiger partial charge is 0.381 e. The minimum Gasteiger partial charge on any atom is -0.381 e. The molecule has 2 unspecified atom stereocenters. The zero-order valence-electron chi connectivity index (χ0n) is 11.8. The highest BCUT2D eigenvalue weighted by Gasteiger charge is 2.41. The van der Waals surface area contributed by atoms with Gasteiger partial charge in [0.15, 0.2) is 0 Å². The Morgan fingerprint density at radius 1 is 1.37 bits per heavy atom. The van der Waals surface area contributed by atoms with Gasteiger partial charge in [-0.1, -0.05) is 24.3 Å². The summed E-state index contributed by atoms with van der Waals surface area (Å²) in [6, 6.07) is 8.79. The molecule has 0 aromatic heterocycles. The van der Waals surface area contributed by atoms with E-state index >= 15 is 0 Å². The van der Waals surface area contributed by atoms with E-state index < -0.39 is 0 Å². The van der Waals surface area contributed by atoms with Gasteiger partial charge < -0.3 is 10.5 Å². The van der Waals surface area contributed by atoms with E-state index in [-0.39, 0.29) is 5.54 Å². The van der Waals surface area contributed by atoms with Crippen molar-refractivity contribution < 1.29 is 4.74 Å². The number of ether oxygens (including phenoxy) is 1. The summed E-state index contributed by atoms with van der Waals surface area (Å²) in [7, 11) is 0. The van der Waals surface area contributed by atoms with Crippen molar-refractivity contribution in [3.8, 4) is 0 Å². The van der Waals surface area contributed by atoms with E-state index in [1.54, 1.807) is 0 Å². The van der Waals surface area contributed by atoms with Gasteiger partial charge in [-0.3, -0.25) is 4.90 Å². The van der Waals surface area contributed by atoms with Gasteiger partial charge in [0.05, 0.1) is 6.61 Å². The van der Waals surface area contributed by atoms with Crippen molar-refractivity contribution in [3.63, 3.8) is 0 Å². The summed E-state index contributed by atoms with van der Waals surface area (Å²) in [5, 5.41) is 0. The fraction of sp³-hybridized carbons (Fsp3) is 0.625. The molecule has 3 rings (SSSR count). The molecule has 3 heteroatoms. The highest BCUT2D eigenvalue weighted by Crippen LogP contribution is 2.34. The van der Waals surface area contributed by atoms with E-state index in [0.717, 1.165) is 39.1 Å². The van der Waals surface area contributed by atoms with E-state index in [4.69, 9.17) is 10.5 Å². The SMILES string of the molecule is CC(CN)(C1CCOC1)N1CCc2ccccc2C1. The van der Waals surface area contributed by atoms with E-state index in [9.17, 15) is 0 Å². The number of fused-ring (bicyclic) bond motifs is 1. The first kappa shape index (κ1) is 13.1. The zero-order chi connectivity index (χ0) is 13.3. The van der Waals surface area contributed by atoms with Gasteiger partial charge >= 0.3 is 0 Å². The Balaban J connectivity index is 1.82. The smallest absolute Gasteiger partial charge is 0.0513 e. The number of nitrogens with zero attached hydrogens (tertiary/aromatic N) is 1. The Morgan fingerprint density at radius 3 is 2.84 bits per heavy atom. The summed E-state index contributed by atoms with van der Waals surface area (Å²) < 4.78 is 5.58. The monoisotopic (exact) mass is 260 g/mol. The quantitative estimate of drug-likeness (QED) is 0.900. The van der Waals surface area contributed by atoms with E-state index in [1.165, 1.54) is 11.1 Å². The summed E-state index contributed by atoms with van der Waals surface area (Å²) in [5.41, 5.74) is 9.18. The Kier molecular flexibility index (Phi) is 3.61. The first-order chi connectivity index (χ1) is 9.24. The molecule has 1 aromatic carbocycles. The lowest BCUT2D eigenvalue weighted by Crippen LogP contribution is -2.58. The number of rotatable bonds is 3. The molecule has 2 heterocycles.